The van der Waals surface area contributed by atoms with E-state index in [2.05, 4.69) is 10.1 Å². The number of carbonyl (C=O) groups is 1. The van der Waals surface area contributed by atoms with Gasteiger partial charge in [-0.2, -0.15) is 13.2 Å². The lowest BCUT2D eigenvalue weighted by Gasteiger charge is -2.13. The molecule has 0 aliphatic carbocycles. The van der Waals surface area contributed by atoms with Crippen LogP contribution in [0.15, 0.2) is 47.4 Å². The maximum absolute atomic E-state index is 13.0. The maximum Gasteiger partial charge on any atom is 0.419 e. The van der Waals surface area contributed by atoms with Crippen LogP contribution in [0, 0.1) is 0 Å². The van der Waals surface area contributed by atoms with Crippen LogP contribution in [0.4, 0.5) is 18.9 Å². The minimum atomic E-state index is -4.70. The predicted octanol–water partition coefficient (Wildman–Crippen LogP) is 2.61. The SMILES string of the molecule is COc1ccc(C(=O)Nc2cccc(S(N)(=O)=O)c2)cc1C(F)(F)F. The van der Waals surface area contributed by atoms with Crippen molar-refractivity contribution < 1.29 is 31.1 Å². The number of nitrogens with two attached hydrogens (primary N) is 1. The molecule has 25 heavy (non-hydrogen) atoms. The first-order chi connectivity index (χ1) is 11.5. The van der Waals surface area contributed by atoms with Crippen LogP contribution in [-0.2, 0) is 16.2 Å². The lowest BCUT2D eigenvalue weighted by molar-refractivity contribution is -0.138. The molecule has 0 unspecified atom stereocenters. The van der Waals surface area contributed by atoms with E-state index >= 15 is 0 Å². The summed E-state index contributed by atoms with van der Waals surface area (Å²) in [6.45, 7) is 0. The van der Waals surface area contributed by atoms with Crippen LogP contribution in [0.5, 0.6) is 5.75 Å². The fourth-order valence-corrected chi connectivity index (χ4v) is 2.58. The highest BCUT2D eigenvalue weighted by Crippen LogP contribution is 2.36. The fraction of sp³-hybridized carbons (Fsp3) is 0.133. The minimum absolute atomic E-state index is 0.0703. The molecule has 0 atom stereocenters. The van der Waals surface area contributed by atoms with Crippen LogP contribution in [-0.4, -0.2) is 21.4 Å². The second kappa shape index (κ2) is 6.73. The number of carbonyl (C=O) groups excluding carboxylic acids is 1. The average molecular weight is 374 g/mol. The molecule has 0 aliphatic rings. The topological polar surface area (TPSA) is 98.5 Å². The average Bonchev–Trinajstić information content (AvgIpc) is 2.52. The Kier molecular flexibility index (Phi) is 5.04. The van der Waals surface area contributed by atoms with Gasteiger partial charge in [0, 0.05) is 11.3 Å². The normalized spacial score (nSPS) is 11.9. The number of ether oxygens (including phenoxy) is 1. The summed E-state index contributed by atoms with van der Waals surface area (Å²) in [6.07, 6.45) is -4.70. The fourth-order valence-electron chi connectivity index (χ4n) is 2.02. The van der Waals surface area contributed by atoms with Gasteiger partial charge in [0.25, 0.3) is 5.91 Å². The Morgan fingerprint density at radius 1 is 1.16 bits per heavy atom. The summed E-state index contributed by atoms with van der Waals surface area (Å²) in [4.78, 5) is 11.9. The van der Waals surface area contributed by atoms with Crippen molar-refractivity contribution in [3.63, 3.8) is 0 Å². The summed E-state index contributed by atoms with van der Waals surface area (Å²) in [5.41, 5.74) is -1.30. The zero-order valence-electron chi connectivity index (χ0n) is 12.8. The second-order valence-electron chi connectivity index (χ2n) is 4.94. The molecule has 0 aliphatic heterocycles. The number of sulfonamides is 1. The van der Waals surface area contributed by atoms with Crippen molar-refractivity contribution in [2.24, 2.45) is 5.14 Å². The number of methoxy groups -OCH3 is 1. The molecule has 0 heterocycles. The van der Waals surface area contributed by atoms with Gasteiger partial charge in [-0.15, -0.1) is 0 Å². The number of amides is 1. The number of primary sulfonamides is 1. The predicted molar refractivity (Wildman–Crippen MR) is 83.8 cm³/mol. The summed E-state index contributed by atoms with van der Waals surface area (Å²) in [5, 5.41) is 7.31. The standard InChI is InChI=1S/C15H13F3N2O4S/c1-24-13-6-5-9(7-12(13)15(16,17)18)14(21)20-10-3-2-4-11(8-10)25(19,22)23/h2-8H,1H3,(H,20,21)(H2,19,22,23). The minimum Gasteiger partial charge on any atom is -0.496 e. The molecule has 0 saturated heterocycles. The van der Waals surface area contributed by atoms with Crippen molar-refractivity contribution in [2.45, 2.75) is 11.1 Å². The molecular weight excluding hydrogens is 361 g/mol. The van der Waals surface area contributed by atoms with Crippen LogP contribution in [0.2, 0.25) is 0 Å². The second-order valence-corrected chi connectivity index (χ2v) is 6.50. The van der Waals surface area contributed by atoms with E-state index in [1.54, 1.807) is 0 Å². The third-order valence-electron chi connectivity index (χ3n) is 3.19. The number of anilines is 1. The van der Waals surface area contributed by atoms with E-state index in [1.165, 1.54) is 18.2 Å². The van der Waals surface area contributed by atoms with Gasteiger partial charge in [0.05, 0.1) is 17.6 Å². The van der Waals surface area contributed by atoms with E-state index in [-0.39, 0.29) is 16.1 Å². The van der Waals surface area contributed by atoms with E-state index in [0.717, 1.165) is 25.3 Å². The Morgan fingerprint density at radius 3 is 2.40 bits per heavy atom. The van der Waals surface area contributed by atoms with Gasteiger partial charge in [-0.25, -0.2) is 13.6 Å². The molecule has 134 valence electrons. The molecule has 0 spiro atoms. The van der Waals surface area contributed by atoms with Crippen molar-refractivity contribution in [1.29, 1.82) is 0 Å². The molecule has 2 aromatic carbocycles. The lowest BCUT2D eigenvalue weighted by atomic mass is 10.1. The van der Waals surface area contributed by atoms with Crippen LogP contribution in [0.1, 0.15) is 15.9 Å². The summed E-state index contributed by atoms with van der Waals surface area (Å²) in [6, 6.07) is 7.87. The molecule has 0 fully saturated rings. The third-order valence-corrected chi connectivity index (χ3v) is 4.10. The highest BCUT2D eigenvalue weighted by molar-refractivity contribution is 7.89. The largest absolute Gasteiger partial charge is 0.496 e. The Morgan fingerprint density at radius 2 is 1.84 bits per heavy atom. The molecular formula is C15H13F3N2O4S. The Labute approximate surface area is 141 Å². The number of nitrogens with one attached hydrogen (secondary N) is 1. The zero-order chi connectivity index (χ0) is 18.8. The number of halogens is 3. The Balaban J connectivity index is 2.33. The number of rotatable bonds is 4. The highest BCUT2D eigenvalue weighted by atomic mass is 32.2. The number of alkyl halides is 3. The molecule has 0 radical (unpaired) electrons. The van der Waals surface area contributed by atoms with Crippen molar-refractivity contribution in [1.82, 2.24) is 0 Å². The lowest BCUT2D eigenvalue weighted by Crippen LogP contribution is -2.16. The van der Waals surface area contributed by atoms with Gasteiger partial charge in [0.1, 0.15) is 5.75 Å². The quantitative estimate of drug-likeness (QED) is 0.859. The zero-order valence-corrected chi connectivity index (χ0v) is 13.6. The molecule has 2 rings (SSSR count). The molecule has 2 aromatic rings. The molecule has 6 nitrogen and oxygen atoms in total. The van der Waals surface area contributed by atoms with E-state index in [4.69, 9.17) is 5.14 Å². The first-order valence-electron chi connectivity index (χ1n) is 6.72. The molecule has 0 aromatic heterocycles. The van der Waals surface area contributed by atoms with Gasteiger partial charge in [0.2, 0.25) is 10.0 Å². The molecule has 1 amide bonds. The third kappa shape index (κ3) is 4.48. The van der Waals surface area contributed by atoms with Gasteiger partial charge >= 0.3 is 6.18 Å². The van der Waals surface area contributed by atoms with Crippen LogP contribution < -0.4 is 15.2 Å². The Bertz CT molecular complexity index is 911. The van der Waals surface area contributed by atoms with E-state index in [1.807, 2.05) is 0 Å². The summed E-state index contributed by atoms with van der Waals surface area (Å²) >= 11 is 0. The summed E-state index contributed by atoms with van der Waals surface area (Å²) < 4.78 is 66.2. The van der Waals surface area contributed by atoms with Crippen molar-refractivity contribution >= 4 is 21.6 Å². The van der Waals surface area contributed by atoms with Crippen LogP contribution >= 0.6 is 0 Å². The van der Waals surface area contributed by atoms with Gasteiger partial charge in [-0.05, 0) is 36.4 Å². The van der Waals surface area contributed by atoms with Crippen molar-refractivity contribution in [2.75, 3.05) is 12.4 Å². The highest BCUT2D eigenvalue weighted by Gasteiger charge is 2.35. The number of hydrogen-bond acceptors (Lipinski definition) is 4. The van der Waals surface area contributed by atoms with Crippen molar-refractivity contribution in [3.05, 3.63) is 53.6 Å². The molecule has 3 N–H and O–H groups in total. The first kappa shape index (κ1) is 18.7. The van der Waals surface area contributed by atoms with Crippen molar-refractivity contribution in [3.8, 4) is 5.75 Å². The van der Waals surface area contributed by atoms with Crippen LogP contribution in [0.3, 0.4) is 0 Å². The number of hydrogen-bond donors (Lipinski definition) is 2. The summed E-state index contributed by atoms with van der Waals surface area (Å²) in [7, 11) is -2.89. The molecule has 10 heteroatoms. The summed E-state index contributed by atoms with van der Waals surface area (Å²) in [5.74, 6) is -1.26. The monoisotopic (exact) mass is 374 g/mol. The van der Waals surface area contributed by atoms with Gasteiger partial charge in [-0.3, -0.25) is 4.79 Å². The van der Waals surface area contributed by atoms with Crippen LogP contribution in [0.25, 0.3) is 0 Å². The first-order valence-corrected chi connectivity index (χ1v) is 8.26. The smallest absolute Gasteiger partial charge is 0.419 e. The van der Waals surface area contributed by atoms with Gasteiger partial charge in [0.15, 0.2) is 0 Å². The van der Waals surface area contributed by atoms with Gasteiger partial charge in [-0.1, -0.05) is 6.07 Å². The number of benzene rings is 2. The van der Waals surface area contributed by atoms with Gasteiger partial charge < -0.3 is 10.1 Å². The van der Waals surface area contributed by atoms with E-state index in [0.29, 0.717) is 6.07 Å². The molecule has 0 bridgehead atoms. The van der Waals surface area contributed by atoms with E-state index < -0.39 is 33.4 Å². The van der Waals surface area contributed by atoms with E-state index in [9.17, 15) is 26.4 Å². The molecule has 0 saturated carbocycles. The Hall–Kier alpha value is -2.59. The maximum atomic E-state index is 13.0.